The van der Waals surface area contributed by atoms with E-state index in [1.807, 2.05) is 30.3 Å². The second kappa shape index (κ2) is 7.14. The Morgan fingerprint density at radius 3 is 2.14 bits per heavy atom. The molecule has 0 fully saturated rings. The first-order chi connectivity index (χ1) is 10.1. The normalized spacial score (nSPS) is 13.5. The van der Waals surface area contributed by atoms with E-state index >= 15 is 0 Å². The van der Waals surface area contributed by atoms with Gasteiger partial charge in [-0.15, -0.1) is 0 Å². The first-order valence-corrected chi connectivity index (χ1v) is 6.92. The van der Waals surface area contributed by atoms with Gasteiger partial charge in [-0.2, -0.15) is 8.78 Å². The third-order valence-corrected chi connectivity index (χ3v) is 3.26. The van der Waals surface area contributed by atoms with Crippen molar-refractivity contribution in [3.05, 3.63) is 83.9 Å². The summed E-state index contributed by atoms with van der Waals surface area (Å²) in [5.41, 5.74) is 1.32. The number of aliphatic hydroxyl groups is 1. The van der Waals surface area contributed by atoms with Crippen LogP contribution in [0.5, 0.6) is 0 Å². The number of aryl methyl sites for hydroxylation is 1. The van der Waals surface area contributed by atoms with Crippen molar-refractivity contribution in [2.24, 2.45) is 0 Å². The van der Waals surface area contributed by atoms with E-state index in [-0.39, 0.29) is 5.56 Å². The highest BCUT2D eigenvalue weighted by Gasteiger charge is 2.36. The van der Waals surface area contributed by atoms with Gasteiger partial charge in [0, 0.05) is 0 Å². The molecule has 0 heterocycles. The molecule has 3 heteroatoms. The summed E-state index contributed by atoms with van der Waals surface area (Å²) in [4.78, 5) is 0. The Balaban J connectivity index is 1.92. The third kappa shape index (κ3) is 4.50. The second-order valence-electron chi connectivity index (χ2n) is 4.91. The summed E-state index contributed by atoms with van der Waals surface area (Å²) in [6.45, 7) is 0. The van der Waals surface area contributed by atoms with Crippen LogP contribution in [0.15, 0.2) is 72.8 Å². The summed E-state index contributed by atoms with van der Waals surface area (Å²) in [6, 6.07) is 17.7. The average molecular weight is 288 g/mol. The van der Waals surface area contributed by atoms with Crippen LogP contribution >= 0.6 is 0 Å². The molecule has 1 N–H and O–H groups in total. The van der Waals surface area contributed by atoms with Gasteiger partial charge < -0.3 is 5.11 Å². The van der Waals surface area contributed by atoms with Gasteiger partial charge in [0.15, 0.2) is 0 Å². The number of rotatable bonds is 6. The molecule has 0 saturated carbocycles. The first kappa shape index (κ1) is 15.4. The van der Waals surface area contributed by atoms with Gasteiger partial charge >= 0.3 is 0 Å². The van der Waals surface area contributed by atoms with Crippen molar-refractivity contribution in [2.75, 3.05) is 0 Å². The highest BCUT2D eigenvalue weighted by Crippen LogP contribution is 2.32. The van der Waals surface area contributed by atoms with Crippen LogP contribution in [0.1, 0.15) is 23.7 Å². The van der Waals surface area contributed by atoms with Crippen LogP contribution < -0.4 is 0 Å². The number of allylic oxidation sites excluding steroid dienone is 1. The SMILES string of the molecule is O[C@H](c1ccccc1)C(F)(F)/C=C/CCc1ccccc1. The minimum absolute atomic E-state index is 0.218. The van der Waals surface area contributed by atoms with Gasteiger partial charge in [-0.3, -0.25) is 0 Å². The van der Waals surface area contributed by atoms with Crippen LogP contribution in [-0.2, 0) is 6.42 Å². The van der Waals surface area contributed by atoms with E-state index in [1.54, 1.807) is 18.2 Å². The molecule has 21 heavy (non-hydrogen) atoms. The van der Waals surface area contributed by atoms with Crippen LogP contribution in [0.2, 0.25) is 0 Å². The summed E-state index contributed by atoms with van der Waals surface area (Å²) in [5, 5.41) is 9.76. The average Bonchev–Trinajstić information content (AvgIpc) is 2.53. The standard InChI is InChI=1S/C18H18F2O/c19-18(20,17(21)16-12-5-2-6-13-16)14-8-7-11-15-9-3-1-4-10-15/h1-6,8-10,12-14,17,21H,7,11H2/b14-8+/t17-/m1/s1. The lowest BCUT2D eigenvalue weighted by molar-refractivity contribution is -0.0716. The van der Waals surface area contributed by atoms with E-state index in [0.717, 1.165) is 11.6 Å². The number of hydrogen-bond donors (Lipinski definition) is 1. The maximum absolute atomic E-state index is 13.9. The number of alkyl halides is 2. The molecule has 0 bridgehead atoms. The van der Waals surface area contributed by atoms with E-state index in [1.165, 1.54) is 18.2 Å². The van der Waals surface area contributed by atoms with Crippen LogP contribution in [0.25, 0.3) is 0 Å². The first-order valence-electron chi connectivity index (χ1n) is 6.92. The highest BCUT2D eigenvalue weighted by atomic mass is 19.3. The molecule has 110 valence electrons. The molecule has 0 aliphatic heterocycles. The van der Waals surface area contributed by atoms with Crippen molar-refractivity contribution >= 4 is 0 Å². The van der Waals surface area contributed by atoms with Gasteiger partial charge in [0.1, 0.15) is 6.10 Å². The van der Waals surface area contributed by atoms with Gasteiger partial charge in [0.2, 0.25) is 0 Å². The number of benzene rings is 2. The molecule has 0 saturated heterocycles. The summed E-state index contributed by atoms with van der Waals surface area (Å²) in [7, 11) is 0. The van der Waals surface area contributed by atoms with Gasteiger partial charge in [-0.05, 0) is 30.0 Å². The predicted octanol–water partition coefficient (Wildman–Crippen LogP) is 4.54. The van der Waals surface area contributed by atoms with Crippen LogP contribution in [0, 0.1) is 0 Å². The Bertz CT molecular complexity index is 564. The summed E-state index contributed by atoms with van der Waals surface area (Å²) in [6.07, 6.45) is 1.63. The number of halogens is 2. The van der Waals surface area contributed by atoms with Crippen molar-refractivity contribution < 1.29 is 13.9 Å². The molecule has 0 spiro atoms. The van der Waals surface area contributed by atoms with Crippen molar-refractivity contribution in [3.8, 4) is 0 Å². The van der Waals surface area contributed by atoms with Crippen molar-refractivity contribution in [1.82, 2.24) is 0 Å². The number of aliphatic hydroxyl groups excluding tert-OH is 1. The fraction of sp³-hybridized carbons (Fsp3) is 0.222. The molecule has 0 radical (unpaired) electrons. The minimum atomic E-state index is -3.27. The molecule has 0 aliphatic carbocycles. The Morgan fingerprint density at radius 1 is 0.952 bits per heavy atom. The lowest BCUT2D eigenvalue weighted by atomic mass is 10.0. The fourth-order valence-electron chi connectivity index (χ4n) is 2.08. The zero-order valence-corrected chi connectivity index (χ0v) is 11.6. The third-order valence-electron chi connectivity index (χ3n) is 3.26. The molecule has 2 aromatic rings. The Morgan fingerprint density at radius 2 is 1.52 bits per heavy atom. The van der Waals surface area contributed by atoms with E-state index in [9.17, 15) is 13.9 Å². The molecule has 0 amide bonds. The van der Waals surface area contributed by atoms with Crippen molar-refractivity contribution in [1.29, 1.82) is 0 Å². The molecular weight excluding hydrogens is 270 g/mol. The van der Waals surface area contributed by atoms with Crippen molar-refractivity contribution in [3.63, 3.8) is 0 Å². The maximum atomic E-state index is 13.9. The monoisotopic (exact) mass is 288 g/mol. The van der Waals surface area contributed by atoms with E-state index in [4.69, 9.17) is 0 Å². The summed E-state index contributed by atoms with van der Waals surface area (Å²) >= 11 is 0. The Kier molecular flexibility index (Phi) is 5.23. The van der Waals surface area contributed by atoms with Gasteiger partial charge in [-0.1, -0.05) is 66.7 Å². The van der Waals surface area contributed by atoms with E-state index < -0.39 is 12.0 Å². The molecule has 2 aromatic carbocycles. The lowest BCUT2D eigenvalue weighted by Crippen LogP contribution is -2.23. The topological polar surface area (TPSA) is 20.2 Å². The van der Waals surface area contributed by atoms with Crippen LogP contribution in [-0.4, -0.2) is 11.0 Å². The van der Waals surface area contributed by atoms with Crippen molar-refractivity contribution in [2.45, 2.75) is 24.9 Å². The van der Waals surface area contributed by atoms with E-state index in [0.29, 0.717) is 12.8 Å². The molecule has 0 aromatic heterocycles. The summed E-state index contributed by atoms with van der Waals surface area (Å²) in [5.74, 6) is -3.27. The molecule has 0 aliphatic rings. The lowest BCUT2D eigenvalue weighted by Gasteiger charge is -2.19. The minimum Gasteiger partial charge on any atom is -0.382 e. The van der Waals surface area contributed by atoms with E-state index in [2.05, 4.69) is 0 Å². The quantitative estimate of drug-likeness (QED) is 0.773. The number of hydrogen-bond acceptors (Lipinski definition) is 1. The largest absolute Gasteiger partial charge is 0.382 e. The molecule has 2 rings (SSSR count). The highest BCUT2D eigenvalue weighted by molar-refractivity contribution is 5.22. The molecule has 0 unspecified atom stereocenters. The fourth-order valence-corrected chi connectivity index (χ4v) is 2.08. The smallest absolute Gasteiger partial charge is 0.295 e. The zero-order valence-electron chi connectivity index (χ0n) is 11.6. The van der Waals surface area contributed by atoms with Crippen LogP contribution in [0.3, 0.4) is 0 Å². The Labute approximate surface area is 123 Å². The summed E-state index contributed by atoms with van der Waals surface area (Å²) < 4.78 is 27.8. The molecule has 1 atom stereocenters. The maximum Gasteiger partial charge on any atom is 0.295 e. The molecular formula is C18H18F2O. The van der Waals surface area contributed by atoms with Gasteiger partial charge in [0.05, 0.1) is 0 Å². The predicted molar refractivity (Wildman–Crippen MR) is 80.3 cm³/mol. The van der Waals surface area contributed by atoms with Gasteiger partial charge in [0.25, 0.3) is 5.92 Å². The zero-order chi connectivity index (χ0) is 15.1. The Hall–Kier alpha value is -2.00. The second-order valence-corrected chi connectivity index (χ2v) is 4.91. The molecule has 1 nitrogen and oxygen atoms in total. The van der Waals surface area contributed by atoms with Crippen LogP contribution in [0.4, 0.5) is 8.78 Å². The van der Waals surface area contributed by atoms with Gasteiger partial charge in [-0.25, -0.2) is 0 Å².